The fraction of sp³-hybridized carbons (Fsp3) is 0.269. The summed E-state index contributed by atoms with van der Waals surface area (Å²) in [4.78, 5) is 20.6. The Labute approximate surface area is 197 Å². The fourth-order valence-corrected chi connectivity index (χ4v) is 4.52. The molecular formula is C26H26FN5O2. The van der Waals surface area contributed by atoms with Gasteiger partial charge in [-0.2, -0.15) is 0 Å². The maximum atomic E-state index is 14.4. The molecule has 0 unspecified atom stereocenters. The van der Waals surface area contributed by atoms with E-state index in [1.165, 1.54) is 12.3 Å². The van der Waals surface area contributed by atoms with E-state index in [1.54, 1.807) is 25.2 Å². The van der Waals surface area contributed by atoms with E-state index in [2.05, 4.69) is 15.6 Å². The van der Waals surface area contributed by atoms with Crippen LogP contribution in [0.5, 0.6) is 11.5 Å². The van der Waals surface area contributed by atoms with Gasteiger partial charge in [0.2, 0.25) is 5.95 Å². The smallest absolute Gasteiger partial charge is 0.269 e. The molecule has 4 aromatic rings. The number of aryl methyl sites for hydroxylation is 1. The van der Waals surface area contributed by atoms with E-state index < -0.39 is 0 Å². The van der Waals surface area contributed by atoms with Gasteiger partial charge in [0, 0.05) is 38.1 Å². The molecule has 34 heavy (non-hydrogen) atoms. The van der Waals surface area contributed by atoms with Crippen molar-refractivity contribution in [2.75, 3.05) is 12.4 Å². The zero-order valence-corrected chi connectivity index (χ0v) is 19.1. The van der Waals surface area contributed by atoms with Gasteiger partial charge in [0.1, 0.15) is 23.0 Å². The molecule has 0 spiro atoms. The van der Waals surface area contributed by atoms with Gasteiger partial charge in [-0.05, 0) is 60.7 Å². The first-order valence-electron chi connectivity index (χ1n) is 11.4. The highest BCUT2D eigenvalue weighted by Crippen LogP contribution is 2.37. The van der Waals surface area contributed by atoms with Crippen LogP contribution >= 0.6 is 0 Å². The average molecular weight is 460 g/mol. The number of ether oxygens (including phenoxy) is 1. The molecule has 1 aliphatic rings. The molecule has 1 aliphatic carbocycles. The second-order valence-electron chi connectivity index (χ2n) is 8.55. The third kappa shape index (κ3) is 4.31. The fourth-order valence-electron chi connectivity index (χ4n) is 4.52. The number of hydrogen-bond acceptors (Lipinski definition) is 5. The Morgan fingerprint density at radius 1 is 1.09 bits per heavy atom. The Bertz CT molecular complexity index is 1360. The van der Waals surface area contributed by atoms with Crippen LogP contribution in [0.1, 0.15) is 47.7 Å². The second-order valence-corrected chi connectivity index (χ2v) is 8.55. The van der Waals surface area contributed by atoms with Crippen molar-refractivity contribution in [3.8, 4) is 11.5 Å². The molecular weight excluding hydrogens is 433 g/mol. The molecule has 1 fully saturated rings. The van der Waals surface area contributed by atoms with Crippen LogP contribution < -0.4 is 15.4 Å². The summed E-state index contributed by atoms with van der Waals surface area (Å²) < 4.78 is 22.3. The van der Waals surface area contributed by atoms with Gasteiger partial charge < -0.3 is 19.9 Å². The molecule has 5 rings (SSSR count). The van der Waals surface area contributed by atoms with Crippen molar-refractivity contribution in [2.45, 2.75) is 31.6 Å². The summed E-state index contributed by atoms with van der Waals surface area (Å²) in [6.07, 6.45) is 5.92. The number of fused-ring (bicyclic) bond motifs is 1. The van der Waals surface area contributed by atoms with E-state index in [4.69, 9.17) is 9.72 Å². The van der Waals surface area contributed by atoms with Gasteiger partial charge >= 0.3 is 0 Å². The predicted molar refractivity (Wildman–Crippen MR) is 129 cm³/mol. The van der Waals surface area contributed by atoms with Crippen LogP contribution in [0.15, 0.2) is 54.7 Å². The van der Waals surface area contributed by atoms with E-state index in [1.807, 2.05) is 35.9 Å². The molecule has 0 saturated heterocycles. The minimum absolute atomic E-state index is 0.139. The number of aromatic nitrogens is 3. The number of benzene rings is 2. The van der Waals surface area contributed by atoms with E-state index in [0.29, 0.717) is 23.4 Å². The van der Waals surface area contributed by atoms with Crippen molar-refractivity contribution in [1.29, 1.82) is 0 Å². The highest BCUT2D eigenvalue weighted by Gasteiger charge is 2.21. The summed E-state index contributed by atoms with van der Waals surface area (Å²) in [7, 11) is 3.48. The molecule has 8 heteroatoms. The summed E-state index contributed by atoms with van der Waals surface area (Å²) in [5.41, 5.74) is 3.55. The molecule has 0 atom stereocenters. The van der Waals surface area contributed by atoms with Gasteiger partial charge in [0.05, 0.1) is 11.0 Å². The highest BCUT2D eigenvalue weighted by molar-refractivity contribution is 5.92. The van der Waals surface area contributed by atoms with Crippen LogP contribution in [0.4, 0.5) is 16.0 Å². The molecule has 2 aromatic carbocycles. The lowest BCUT2D eigenvalue weighted by atomic mass is 9.96. The maximum absolute atomic E-state index is 14.4. The number of imidazole rings is 1. The Kier molecular flexibility index (Phi) is 5.88. The van der Waals surface area contributed by atoms with E-state index >= 15 is 0 Å². The lowest BCUT2D eigenvalue weighted by Gasteiger charge is -2.13. The third-order valence-corrected chi connectivity index (χ3v) is 6.33. The number of pyridine rings is 1. The SMILES string of the molecule is CNC(=O)c1cc(Oc2ccc3c(c2)nc(Nc2ccc(F)c(C4CCCC4)c2)n3C)ccn1. The van der Waals surface area contributed by atoms with E-state index in [9.17, 15) is 9.18 Å². The van der Waals surface area contributed by atoms with E-state index in [-0.39, 0.29) is 17.4 Å². The lowest BCUT2D eigenvalue weighted by molar-refractivity contribution is 0.0958. The van der Waals surface area contributed by atoms with Gasteiger partial charge in [0.25, 0.3) is 5.91 Å². The van der Waals surface area contributed by atoms with Crippen LogP contribution in [-0.2, 0) is 7.05 Å². The van der Waals surface area contributed by atoms with Crippen LogP contribution in [0.25, 0.3) is 11.0 Å². The van der Waals surface area contributed by atoms with Crippen LogP contribution in [0, 0.1) is 5.82 Å². The molecule has 174 valence electrons. The predicted octanol–water partition coefficient (Wildman–Crippen LogP) is 5.66. The van der Waals surface area contributed by atoms with Gasteiger partial charge in [-0.25, -0.2) is 9.37 Å². The lowest BCUT2D eigenvalue weighted by Crippen LogP contribution is -2.18. The number of amides is 1. The Morgan fingerprint density at radius 2 is 1.88 bits per heavy atom. The molecule has 0 bridgehead atoms. The number of nitrogens with one attached hydrogen (secondary N) is 2. The summed E-state index contributed by atoms with van der Waals surface area (Å²) in [6.45, 7) is 0. The molecule has 1 saturated carbocycles. The van der Waals surface area contributed by atoms with Crippen molar-refractivity contribution < 1.29 is 13.9 Å². The number of halogens is 1. The van der Waals surface area contributed by atoms with Crippen molar-refractivity contribution in [3.63, 3.8) is 0 Å². The average Bonchev–Trinajstić information content (AvgIpc) is 3.48. The molecule has 2 aromatic heterocycles. The first-order valence-corrected chi connectivity index (χ1v) is 11.4. The van der Waals surface area contributed by atoms with Crippen molar-refractivity contribution >= 4 is 28.6 Å². The standard InChI is InChI=1S/C26H26FN5O2/c1-28-25(33)23-15-19(11-12-29-23)34-18-8-10-24-22(14-18)31-26(32(24)2)30-17-7-9-21(27)20(13-17)16-5-3-4-6-16/h7-16H,3-6H2,1-2H3,(H,28,33)(H,30,31). The normalized spacial score (nSPS) is 13.9. The van der Waals surface area contributed by atoms with Crippen molar-refractivity contribution in [1.82, 2.24) is 19.9 Å². The molecule has 1 amide bonds. The van der Waals surface area contributed by atoms with Gasteiger partial charge in [-0.3, -0.25) is 9.78 Å². The van der Waals surface area contributed by atoms with Crippen LogP contribution in [0.3, 0.4) is 0 Å². The monoisotopic (exact) mass is 459 g/mol. The first kappa shape index (κ1) is 21.9. The quantitative estimate of drug-likeness (QED) is 0.389. The number of nitrogens with zero attached hydrogens (tertiary/aromatic N) is 3. The minimum atomic E-state index is -0.279. The highest BCUT2D eigenvalue weighted by atomic mass is 19.1. The first-order chi connectivity index (χ1) is 16.5. The Morgan fingerprint density at radius 3 is 2.68 bits per heavy atom. The third-order valence-electron chi connectivity index (χ3n) is 6.33. The Balaban J connectivity index is 1.39. The second kappa shape index (κ2) is 9.13. The number of carbonyl (C=O) groups excluding carboxylic acids is 1. The zero-order chi connectivity index (χ0) is 23.7. The van der Waals surface area contributed by atoms with Crippen LogP contribution in [0.2, 0.25) is 0 Å². The largest absolute Gasteiger partial charge is 0.457 e. The maximum Gasteiger partial charge on any atom is 0.269 e. The number of rotatable bonds is 6. The molecule has 7 nitrogen and oxygen atoms in total. The summed E-state index contributed by atoms with van der Waals surface area (Å²) in [5, 5.41) is 5.89. The zero-order valence-electron chi connectivity index (χ0n) is 19.1. The molecule has 0 radical (unpaired) electrons. The number of hydrogen-bond donors (Lipinski definition) is 2. The van der Waals surface area contributed by atoms with Gasteiger partial charge in [-0.1, -0.05) is 12.8 Å². The summed E-state index contributed by atoms with van der Waals surface area (Å²) >= 11 is 0. The van der Waals surface area contributed by atoms with Gasteiger partial charge in [-0.15, -0.1) is 0 Å². The van der Waals surface area contributed by atoms with Gasteiger partial charge in [0.15, 0.2) is 0 Å². The molecule has 2 heterocycles. The van der Waals surface area contributed by atoms with E-state index in [0.717, 1.165) is 48.0 Å². The van der Waals surface area contributed by atoms with Crippen molar-refractivity contribution in [3.05, 3.63) is 71.8 Å². The number of anilines is 2. The minimum Gasteiger partial charge on any atom is -0.457 e. The molecule has 0 aliphatic heterocycles. The van der Waals surface area contributed by atoms with Crippen molar-refractivity contribution in [2.24, 2.45) is 7.05 Å². The van der Waals surface area contributed by atoms with Crippen LogP contribution in [-0.4, -0.2) is 27.5 Å². The molecule has 2 N–H and O–H groups in total. The summed E-state index contributed by atoms with van der Waals surface area (Å²) in [6, 6.07) is 14.1. The number of carbonyl (C=O) groups is 1. The Hall–Kier alpha value is -3.94. The topological polar surface area (TPSA) is 81.1 Å². The summed E-state index contributed by atoms with van der Waals surface area (Å²) in [5.74, 6) is 1.63.